The molecule has 0 N–H and O–H groups in total. The van der Waals surface area contributed by atoms with Gasteiger partial charge >= 0.3 is 6.09 Å². The van der Waals surface area contributed by atoms with Crippen molar-refractivity contribution in [2.45, 2.75) is 45.9 Å². The van der Waals surface area contributed by atoms with Crippen LogP contribution in [0.5, 0.6) is 0 Å². The number of anilines is 1. The van der Waals surface area contributed by atoms with Crippen molar-refractivity contribution in [3.05, 3.63) is 59.1 Å². The van der Waals surface area contributed by atoms with Crippen LogP contribution in [0, 0.1) is 0 Å². The Bertz CT molecular complexity index is 1070. The van der Waals surface area contributed by atoms with Crippen molar-refractivity contribution in [2.75, 3.05) is 24.5 Å². The van der Waals surface area contributed by atoms with Gasteiger partial charge in [-0.05, 0) is 57.5 Å². The average Bonchev–Trinajstić information content (AvgIpc) is 3.06. The van der Waals surface area contributed by atoms with Gasteiger partial charge in [0.25, 0.3) is 0 Å². The Balaban J connectivity index is 1.61. The van der Waals surface area contributed by atoms with Crippen LogP contribution in [0.2, 0.25) is 5.02 Å². The monoisotopic (exact) mass is 440 g/mol. The number of hydrogen-bond acceptors (Lipinski definition) is 4. The maximum absolute atomic E-state index is 12.5. The normalized spacial score (nSPS) is 17.3. The molecule has 1 aliphatic heterocycles. The first-order valence-electron chi connectivity index (χ1n) is 10.7. The molecule has 0 bridgehead atoms. The molecule has 0 saturated carbocycles. The number of hydrogen-bond donors (Lipinski definition) is 0. The highest BCUT2D eigenvalue weighted by Crippen LogP contribution is 2.27. The summed E-state index contributed by atoms with van der Waals surface area (Å²) in [5, 5.41) is 0.728. The van der Waals surface area contributed by atoms with Gasteiger partial charge in [-0.15, -0.1) is 0 Å². The first-order chi connectivity index (χ1) is 14.7. The van der Waals surface area contributed by atoms with Crippen LogP contribution < -0.4 is 4.90 Å². The maximum Gasteiger partial charge on any atom is 0.410 e. The predicted octanol–water partition coefficient (Wildman–Crippen LogP) is 5.18. The van der Waals surface area contributed by atoms with Gasteiger partial charge in [0, 0.05) is 30.7 Å². The van der Waals surface area contributed by atoms with Crippen molar-refractivity contribution in [2.24, 2.45) is 0 Å². The highest BCUT2D eigenvalue weighted by molar-refractivity contribution is 6.30. The van der Waals surface area contributed by atoms with E-state index in [1.165, 1.54) is 0 Å². The average molecular weight is 441 g/mol. The number of carbonyl (C=O) groups is 1. The van der Waals surface area contributed by atoms with Crippen LogP contribution in [0.15, 0.2) is 48.5 Å². The van der Waals surface area contributed by atoms with Gasteiger partial charge in [0.1, 0.15) is 5.60 Å². The maximum atomic E-state index is 12.5. The fourth-order valence-corrected chi connectivity index (χ4v) is 4.08. The molecule has 0 unspecified atom stereocenters. The van der Waals surface area contributed by atoms with Crippen molar-refractivity contribution in [1.29, 1.82) is 0 Å². The largest absolute Gasteiger partial charge is 0.444 e. The Morgan fingerprint density at radius 1 is 1.13 bits per heavy atom. The van der Waals surface area contributed by atoms with Crippen LogP contribution in [0.1, 0.15) is 33.3 Å². The Hall–Kier alpha value is -2.73. The molecule has 6 nitrogen and oxygen atoms in total. The third kappa shape index (κ3) is 4.79. The quantitative estimate of drug-likeness (QED) is 0.562. The highest BCUT2D eigenvalue weighted by atomic mass is 35.5. The summed E-state index contributed by atoms with van der Waals surface area (Å²) in [6.45, 7) is 10.4. The molecule has 1 saturated heterocycles. The van der Waals surface area contributed by atoms with Crippen LogP contribution in [-0.4, -0.2) is 51.8 Å². The number of halogens is 1. The zero-order valence-electron chi connectivity index (χ0n) is 18.5. The molecular formula is C24H29ClN4O2. The molecule has 2 aromatic carbocycles. The zero-order valence-corrected chi connectivity index (χ0v) is 19.3. The lowest BCUT2D eigenvalue weighted by atomic mass is 10.2. The van der Waals surface area contributed by atoms with E-state index in [4.69, 9.17) is 21.3 Å². The molecule has 1 fully saturated rings. The predicted molar refractivity (Wildman–Crippen MR) is 125 cm³/mol. The van der Waals surface area contributed by atoms with Gasteiger partial charge in [-0.1, -0.05) is 35.9 Å². The molecule has 0 aliphatic carbocycles. The van der Waals surface area contributed by atoms with Crippen LogP contribution >= 0.6 is 11.6 Å². The molecular weight excluding hydrogens is 412 g/mol. The Morgan fingerprint density at radius 3 is 2.52 bits per heavy atom. The number of para-hydroxylation sites is 2. The molecule has 3 aromatic rings. The van der Waals surface area contributed by atoms with Crippen molar-refractivity contribution in [3.63, 3.8) is 0 Å². The molecule has 1 amide bonds. The van der Waals surface area contributed by atoms with Crippen LogP contribution in [0.25, 0.3) is 11.0 Å². The van der Waals surface area contributed by atoms with E-state index in [-0.39, 0.29) is 12.1 Å². The summed E-state index contributed by atoms with van der Waals surface area (Å²) in [5.41, 5.74) is 2.72. The van der Waals surface area contributed by atoms with E-state index in [2.05, 4.69) is 22.5 Å². The lowest BCUT2D eigenvalue weighted by Crippen LogP contribution is -2.55. The number of piperazine rings is 1. The van der Waals surface area contributed by atoms with Crippen molar-refractivity contribution >= 4 is 34.7 Å². The number of rotatable bonds is 3. The fourth-order valence-electron chi connectivity index (χ4n) is 3.96. The second-order valence-corrected chi connectivity index (χ2v) is 9.52. The molecule has 1 atom stereocenters. The Kier molecular flexibility index (Phi) is 5.84. The van der Waals surface area contributed by atoms with Crippen molar-refractivity contribution < 1.29 is 9.53 Å². The van der Waals surface area contributed by atoms with Gasteiger partial charge in [-0.2, -0.15) is 0 Å². The number of nitrogens with zero attached hydrogens (tertiary/aromatic N) is 4. The van der Waals surface area contributed by atoms with E-state index in [9.17, 15) is 4.79 Å². The molecule has 0 spiro atoms. The second-order valence-electron chi connectivity index (χ2n) is 9.08. The van der Waals surface area contributed by atoms with E-state index in [1.807, 2.05) is 63.2 Å². The molecule has 1 aromatic heterocycles. The SMILES string of the molecule is C[C@H]1CN(C(=O)OC(C)(C)C)CCN1c1nc2ccccc2n1Cc1ccc(Cl)cc1. The number of imidazole rings is 1. The standard InChI is InChI=1S/C24H29ClN4O2/c1-17-15-27(23(30)31-24(2,3)4)13-14-28(17)22-26-20-7-5-6-8-21(20)29(22)16-18-9-11-19(25)12-10-18/h5-12,17H,13-16H2,1-4H3/t17-/m0/s1. The number of fused-ring (bicyclic) bond motifs is 1. The minimum Gasteiger partial charge on any atom is -0.444 e. The molecule has 0 radical (unpaired) electrons. The summed E-state index contributed by atoms with van der Waals surface area (Å²) in [5.74, 6) is 0.924. The third-order valence-electron chi connectivity index (χ3n) is 5.42. The summed E-state index contributed by atoms with van der Waals surface area (Å²) < 4.78 is 7.81. The lowest BCUT2D eigenvalue weighted by molar-refractivity contribution is 0.0218. The number of ether oxygens (including phenoxy) is 1. The summed E-state index contributed by atoms with van der Waals surface area (Å²) in [6, 6.07) is 16.2. The fraction of sp³-hybridized carbons (Fsp3) is 0.417. The van der Waals surface area contributed by atoms with E-state index in [0.717, 1.165) is 27.6 Å². The minimum absolute atomic E-state index is 0.113. The first kappa shape index (κ1) is 21.5. The minimum atomic E-state index is -0.496. The second kappa shape index (κ2) is 8.42. The number of benzene rings is 2. The van der Waals surface area contributed by atoms with E-state index >= 15 is 0 Å². The molecule has 4 rings (SSSR count). The van der Waals surface area contributed by atoms with E-state index in [0.29, 0.717) is 26.2 Å². The first-order valence-corrected chi connectivity index (χ1v) is 11.0. The molecule has 1 aliphatic rings. The molecule has 7 heteroatoms. The summed E-state index contributed by atoms with van der Waals surface area (Å²) >= 11 is 6.07. The van der Waals surface area contributed by atoms with Crippen molar-refractivity contribution in [1.82, 2.24) is 14.5 Å². The third-order valence-corrected chi connectivity index (χ3v) is 5.68. The Labute approximate surface area is 188 Å². The van der Waals surface area contributed by atoms with Crippen molar-refractivity contribution in [3.8, 4) is 0 Å². The smallest absolute Gasteiger partial charge is 0.410 e. The van der Waals surface area contributed by atoms with Gasteiger partial charge in [-0.3, -0.25) is 0 Å². The summed E-state index contributed by atoms with van der Waals surface area (Å²) in [4.78, 5) is 21.6. The number of aromatic nitrogens is 2. The Morgan fingerprint density at radius 2 is 1.84 bits per heavy atom. The van der Waals surface area contributed by atoms with Gasteiger partial charge in [-0.25, -0.2) is 9.78 Å². The molecule has 2 heterocycles. The van der Waals surface area contributed by atoms with Gasteiger partial charge in [0.15, 0.2) is 0 Å². The zero-order chi connectivity index (χ0) is 22.2. The lowest BCUT2D eigenvalue weighted by Gasteiger charge is -2.40. The van der Waals surface area contributed by atoms with Crippen LogP contribution in [0.3, 0.4) is 0 Å². The topological polar surface area (TPSA) is 50.6 Å². The van der Waals surface area contributed by atoms with Gasteiger partial charge in [0.2, 0.25) is 5.95 Å². The van der Waals surface area contributed by atoms with E-state index < -0.39 is 5.60 Å². The van der Waals surface area contributed by atoms with Crippen LogP contribution in [0.4, 0.5) is 10.7 Å². The number of amides is 1. The van der Waals surface area contributed by atoms with E-state index in [1.54, 1.807) is 4.90 Å². The highest BCUT2D eigenvalue weighted by Gasteiger charge is 2.32. The number of carbonyl (C=O) groups excluding carboxylic acids is 1. The molecule has 31 heavy (non-hydrogen) atoms. The summed E-state index contributed by atoms with van der Waals surface area (Å²) in [6.07, 6.45) is -0.256. The molecule has 164 valence electrons. The van der Waals surface area contributed by atoms with Crippen LogP contribution in [-0.2, 0) is 11.3 Å². The van der Waals surface area contributed by atoms with Gasteiger partial charge < -0.3 is 19.1 Å². The van der Waals surface area contributed by atoms with Gasteiger partial charge in [0.05, 0.1) is 17.6 Å². The summed E-state index contributed by atoms with van der Waals surface area (Å²) in [7, 11) is 0.